The Bertz CT molecular complexity index is 530. The summed E-state index contributed by atoms with van der Waals surface area (Å²) in [6.07, 6.45) is -1.01. The van der Waals surface area contributed by atoms with E-state index in [1.54, 1.807) is 0 Å². The van der Waals surface area contributed by atoms with E-state index >= 15 is 0 Å². The van der Waals surface area contributed by atoms with Crippen molar-refractivity contribution in [1.29, 1.82) is 0 Å². The molecule has 17 heavy (non-hydrogen) atoms. The molecule has 2 unspecified atom stereocenters. The zero-order valence-electron chi connectivity index (χ0n) is 8.64. The standard InChI is InChI=1S/C10H10F2O3S2/c11-6-1-2-9(7(12)3-6)16-10-5-17(14,15)4-8(10)13/h1-3,8,10,13H,4-5H2. The van der Waals surface area contributed by atoms with Crippen LogP contribution in [0.5, 0.6) is 0 Å². The lowest BCUT2D eigenvalue weighted by Gasteiger charge is -2.12. The number of sulfone groups is 1. The lowest BCUT2D eigenvalue weighted by atomic mass is 10.3. The van der Waals surface area contributed by atoms with Crippen LogP contribution < -0.4 is 0 Å². The van der Waals surface area contributed by atoms with Crippen molar-refractivity contribution in [3.05, 3.63) is 29.8 Å². The van der Waals surface area contributed by atoms with Crippen molar-refractivity contribution < 1.29 is 22.3 Å². The SMILES string of the molecule is O=S1(=O)CC(O)C(Sc2ccc(F)cc2F)C1. The molecule has 2 rings (SSSR count). The van der Waals surface area contributed by atoms with Gasteiger partial charge >= 0.3 is 0 Å². The Morgan fingerprint density at radius 3 is 2.53 bits per heavy atom. The van der Waals surface area contributed by atoms with Crippen molar-refractivity contribution in [3.63, 3.8) is 0 Å². The summed E-state index contributed by atoms with van der Waals surface area (Å²) in [5.41, 5.74) is 0. The van der Waals surface area contributed by atoms with Crippen LogP contribution in [0.2, 0.25) is 0 Å². The van der Waals surface area contributed by atoms with Crippen molar-refractivity contribution in [2.24, 2.45) is 0 Å². The molecule has 94 valence electrons. The number of benzene rings is 1. The van der Waals surface area contributed by atoms with Crippen LogP contribution in [0.15, 0.2) is 23.1 Å². The van der Waals surface area contributed by atoms with Crippen molar-refractivity contribution in [1.82, 2.24) is 0 Å². The van der Waals surface area contributed by atoms with E-state index in [0.717, 1.165) is 23.9 Å². The Morgan fingerprint density at radius 1 is 1.29 bits per heavy atom. The Morgan fingerprint density at radius 2 is 2.00 bits per heavy atom. The minimum Gasteiger partial charge on any atom is -0.391 e. The van der Waals surface area contributed by atoms with E-state index in [9.17, 15) is 22.3 Å². The molecule has 1 fully saturated rings. The van der Waals surface area contributed by atoms with Crippen molar-refractivity contribution in [2.75, 3.05) is 11.5 Å². The summed E-state index contributed by atoms with van der Waals surface area (Å²) in [7, 11) is -3.25. The summed E-state index contributed by atoms with van der Waals surface area (Å²) >= 11 is 0.926. The molecule has 0 amide bonds. The van der Waals surface area contributed by atoms with E-state index in [-0.39, 0.29) is 16.4 Å². The van der Waals surface area contributed by atoms with Gasteiger partial charge < -0.3 is 5.11 Å². The highest BCUT2D eigenvalue weighted by Gasteiger charge is 2.37. The first-order valence-corrected chi connectivity index (χ1v) is 7.58. The Labute approximate surface area is 102 Å². The van der Waals surface area contributed by atoms with Crippen LogP contribution in [-0.2, 0) is 9.84 Å². The molecule has 3 nitrogen and oxygen atoms in total. The third-order valence-corrected chi connectivity index (χ3v) is 5.74. The molecule has 0 aromatic heterocycles. The fourth-order valence-corrected chi connectivity index (χ4v) is 5.17. The monoisotopic (exact) mass is 280 g/mol. The second-order valence-electron chi connectivity index (χ2n) is 3.88. The molecule has 0 bridgehead atoms. The van der Waals surface area contributed by atoms with E-state index in [4.69, 9.17) is 0 Å². The van der Waals surface area contributed by atoms with Gasteiger partial charge in [-0.3, -0.25) is 0 Å². The van der Waals surface area contributed by atoms with Crippen LogP contribution >= 0.6 is 11.8 Å². The highest BCUT2D eigenvalue weighted by Crippen LogP contribution is 2.32. The van der Waals surface area contributed by atoms with Crippen molar-refractivity contribution in [3.8, 4) is 0 Å². The average molecular weight is 280 g/mol. The Hall–Kier alpha value is -0.660. The molecule has 7 heteroatoms. The van der Waals surface area contributed by atoms with Gasteiger partial charge in [-0.15, -0.1) is 11.8 Å². The molecule has 1 aliphatic heterocycles. The molecular formula is C10H10F2O3S2. The number of hydrogen-bond donors (Lipinski definition) is 1. The predicted molar refractivity (Wildman–Crippen MR) is 60.7 cm³/mol. The molecule has 1 N–H and O–H groups in total. The number of thioether (sulfide) groups is 1. The fourth-order valence-electron chi connectivity index (χ4n) is 1.64. The van der Waals surface area contributed by atoms with Gasteiger partial charge in [-0.25, -0.2) is 17.2 Å². The normalized spacial score (nSPS) is 27.2. The van der Waals surface area contributed by atoms with Gasteiger partial charge in [0, 0.05) is 11.0 Å². The molecule has 0 spiro atoms. The van der Waals surface area contributed by atoms with Crippen LogP contribution in [0.3, 0.4) is 0 Å². The van der Waals surface area contributed by atoms with E-state index in [0.29, 0.717) is 0 Å². The van der Waals surface area contributed by atoms with Gasteiger partial charge in [0.25, 0.3) is 0 Å². The maximum atomic E-state index is 13.3. The third-order valence-electron chi connectivity index (χ3n) is 2.44. The molecule has 0 aliphatic carbocycles. The fraction of sp³-hybridized carbons (Fsp3) is 0.400. The second kappa shape index (κ2) is 4.55. The molecule has 1 aliphatic rings. The third kappa shape index (κ3) is 2.97. The molecule has 1 aromatic rings. The van der Waals surface area contributed by atoms with Gasteiger partial charge in [0.1, 0.15) is 11.6 Å². The molecular weight excluding hydrogens is 270 g/mol. The molecule has 0 saturated carbocycles. The summed E-state index contributed by atoms with van der Waals surface area (Å²) < 4.78 is 48.5. The number of halogens is 2. The van der Waals surface area contributed by atoms with Crippen LogP contribution in [-0.4, -0.2) is 36.4 Å². The predicted octanol–water partition coefficient (Wildman–Crippen LogP) is 1.21. The maximum Gasteiger partial charge on any atom is 0.154 e. The average Bonchev–Trinajstić information content (AvgIpc) is 2.44. The summed E-state index contributed by atoms with van der Waals surface area (Å²) in [5.74, 6) is -1.92. The lowest BCUT2D eigenvalue weighted by Crippen LogP contribution is -2.20. The number of rotatable bonds is 2. The maximum absolute atomic E-state index is 13.3. The minimum atomic E-state index is -3.25. The van der Waals surface area contributed by atoms with Crippen LogP contribution in [0.25, 0.3) is 0 Å². The first kappa shape index (κ1) is 12.8. The molecule has 1 saturated heterocycles. The van der Waals surface area contributed by atoms with Gasteiger partial charge in [0.05, 0.1) is 22.9 Å². The Kier molecular flexibility index (Phi) is 3.42. The highest BCUT2D eigenvalue weighted by atomic mass is 32.2. The summed E-state index contributed by atoms with van der Waals surface area (Å²) in [6.45, 7) is 0. The summed E-state index contributed by atoms with van der Waals surface area (Å²) in [6, 6.07) is 3.08. The van der Waals surface area contributed by atoms with Gasteiger partial charge in [0.2, 0.25) is 0 Å². The highest BCUT2D eigenvalue weighted by molar-refractivity contribution is 8.02. The van der Waals surface area contributed by atoms with Crippen molar-refractivity contribution in [2.45, 2.75) is 16.2 Å². The Balaban J connectivity index is 2.17. The quantitative estimate of drug-likeness (QED) is 0.885. The van der Waals surface area contributed by atoms with E-state index in [2.05, 4.69) is 0 Å². The zero-order chi connectivity index (χ0) is 12.6. The van der Waals surface area contributed by atoms with E-state index in [1.807, 2.05) is 0 Å². The molecule has 1 heterocycles. The van der Waals surface area contributed by atoms with Gasteiger partial charge in [-0.1, -0.05) is 0 Å². The topological polar surface area (TPSA) is 54.4 Å². The van der Waals surface area contributed by atoms with Crippen LogP contribution in [0.4, 0.5) is 8.78 Å². The minimum absolute atomic E-state index is 0.146. The zero-order valence-corrected chi connectivity index (χ0v) is 10.3. The number of hydrogen-bond acceptors (Lipinski definition) is 4. The second-order valence-corrected chi connectivity index (χ2v) is 7.31. The largest absolute Gasteiger partial charge is 0.391 e. The summed E-state index contributed by atoms with van der Waals surface area (Å²) in [4.78, 5) is 0.146. The van der Waals surface area contributed by atoms with E-state index in [1.165, 1.54) is 6.07 Å². The molecule has 0 radical (unpaired) electrons. The van der Waals surface area contributed by atoms with Gasteiger partial charge in [-0.05, 0) is 12.1 Å². The number of aliphatic hydroxyl groups excluding tert-OH is 1. The molecule has 2 atom stereocenters. The van der Waals surface area contributed by atoms with Crippen LogP contribution in [0, 0.1) is 11.6 Å². The van der Waals surface area contributed by atoms with E-state index < -0.39 is 32.8 Å². The van der Waals surface area contributed by atoms with Crippen molar-refractivity contribution >= 4 is 21.6 Å². The first-order chi connectivity index (χ1) is 7.87. The number of aliphatic hydroxyl groups is 1. The first-order valence-electron chi connectivity index (χ1n) is 4.87. The summed E-state index contributed by atoms with van der Waals surface area (Å²) in [5, 5.41) is 8.94. The smallest absolute Gasteiger partial charge is 0.154 e. The van der Waals surface area contributed by atoms with Crippen LogP contribution in [0.1, 0.15) is 0 Å². The van der Waals surface area contributed by atoms with Gasteiger partial charge in [0.15, 0.2) is 9.84 Å². The molecule has 1 aromatic carbocycles. The van der Waals surface area contributed by atoms with Gasteiger partial charge in [-0.2, -0.15) is 0 Å². The lowest BCUT2D eigenvalue weighted by molar-refractivity contribution is 0.207.